The highest BCUT2D eigenvalue weighted by molar-refractivity contribution is 5.25. The second kappa shape index (κ2) is 3.87. The smallest absolute Gasteiger partial charge is 0.253 e. The molecule has 0 radical (unpaired) electrons. The van der Waals surface area contributed by atoms with Crippen molar-refractivity contribution < 1.29 is 8.78 Å². The van der Waals surface area contributed by atoms with Crippen LogP contribution in [0.5, 0.6) is 0 Å². The van der Waals surface area contributed by atoms with E-state index in [2.05, 4.69) is 4.98 Å². The van der Waals surface area contributed by atoms with Crippen LogP contribution in [0.25, 0.3) is 0 Å². The fourth-order valence-electron chi connectivity index (χ4n) is 1.34. The van der Waals surface area contributed by atoms with Crippen LogP contribution in [0.4, 0.5) is 8.78 Å². The summed E-state index contributed by atoms with van der Waals surface area (Å²) in [5, 5.41) is 0. The molecule has 1 aromatic rings. The fourth-order valence-corrected chi connectivity index (χ4v) is 1.34. The van der Waals surface area contributed by atoms with Crippen LogP contribution in [0.15, 0.2) is 6.07 Å². The number of rotatable bonds is 3. The predicted molar refractivity (Wildman–Crippen MR) is 48.0 cm³/mol. The van der Waals surface area contributed by atoms with E-state index in [1.54, 1.807) is 0 Å². The summed E-state index contributed by atoms with van der Waals surface area (Å²) in [4.78, 5) is 3.05. The topological polar surface area (TPSA) is 41.8 Å². The first-order valence-corrected chi connectivity index (χ1v) is 4.19. The molecule has 1 unspecified atom stereocenters. The van der Waals surface area contributed by atoms with E-state index in [0.29, 0.717) is 0 Å². The number of nitrogens with one attached hydrogen (secondary N) is 1. The van der Waals surface area contributed by atoms with E-state index in [1.807, 2.05) is 19.9 Å². The number of aromatic amines is 1. The third kappa shape index (κ3) is 2.52. The van der Waals surface area contributed by atoms with Gasteiger partial charge in [-0.2, -0.15) is 0 Å². The maximum atomic E-state index is 12.1. The van der Waals surface area contributed by atoms with Gasteiger partial charge in [0.05, 0.1) is 6.04 Å². The number of nitrogens with two attached hydrogens (primary N) is 1. The molecule has 0 bridgehead atoms. The van der Waals surface area contributed by atoms with Gasteiger partial charge in [-0.3, -0.25) is 0 Å². The Morgan fingerprint density at radius 1 is 1.46 bits per heavy atom. The summed E-state index contributed by atoms with van der Waals surface area (Å²) in [7, 11) is 0. The van der Waals surface area contributed by atoms with Gasteiger partial charge in [0.15, 0.2) is 0 Å². The number of H-pyrrole nitrogens is 1. The van der Waals surface area contributed by atoms with Gasteiger partial charge in [0.2, 0.25) is 0 Å². The van der Waals surface area contributed by atoms with Crippen LogP contribution in [0.2, 0.25) is 0 Å². The predicted octanol–water partition coefficient (Wildman–Crippen LogP) is 1.77. The molecule has 13 heavy (non-hydrogen) atoms. The largest absolute Gasteiger partial charge is 0.362 e. The minimum atomic E-state index is -2.45. The number of hydrogen-bond donors (Lipinski definition) is 2. The molecule has 0 saturated heterocycles. The van der Waals surface area contributed by atoms with Gasteiger partial charge < -0.3 is 10.7 Å². The van der Waals surface area contributed by atoms with E-state index in [0.717, 1.165) is 17.0 Å². The van der Waals surface area contributed by atoms with E-state index < -0.39 is 12.5 Å². The summed E-state index contributed by atoms with van der Waals surface area (Å²) in [6.45, 7) is 3.75. The number of alkyl halides is 2. The van der Waals surface area contributed by atoms with Gasteiger partial charge in [-0.1, -0.05) is 0 Å². The standard InChI is InChI=1S/C9H14F2N2/c1-5-3-7(6(2)13-5)4-8(12)9(10)11/h3,8-9,13H,4,12H2,1-2H3. The zero-order valence-corrected chi connectivity index (χ0v) is 7.77. The van der Waals surface area contributed by atoms with Gasteiger partial charge in [-0.05, 0) is 31.9 Å². The van der Waals surface area contributed by atoms with Crippen molar-refractivity contribution in [1.82, 2.24) is 4.98 Å². The van der Waals surface area contributed by atoms with E-state index in [-0.39, 0.29) is 6.42 Å². The number of halogens is 2. The van der Waals surface area contributed by atoms with E-state index >= 15 is 0 Å². The van der Waals surface area contributed by atoms with Crippen molar-refractivity contribution in [1.29, 1.82) is 0 Å². The third-order valence-corrected chi connectivity index (χ3v) is 2.04. The van der Waals surface area contributed by atoms with Gasteiger partial charge >= 0.3 is 0 Å². The van der Waals surface area contributed by atoms with E-state index in [1.165, 1.54) is 0 Å². The monoisotopic (exact) mass is 188 g/mol. The Morgan fingerprint density at radius 2 is 2.08 bits per heavy atom. The molecule has 4 heteroatoms. The molecule has 0 spiro atoms. The van der Waals surface area contributed by atoms with Crippen LogP contribution in [-0.4, -0.2) is 17.5 Å². The second-order valence-electron chi connectivity index (χ2n) is 3.31. The molecular weight excluding hydrogens is 174 g/mol. The van der Waals surface area contributed by atoms with Gasteiger partial charge in [0, 0.05) is 11.4 Å². The van der Waals surface area contributed by atoms with Gasteiger partial charge in [0.25, 0.3) is 6.43 Å². The Hall–Kier alpha value is -0.900. The first-order valence-electron chi connectivity index (χ1n) is 4.19. The van der Waals surface area contributed by atoms with Gasteiger partial charge in [-0.15, -0.1) is 0 Å². The average molecular weight is 188 g/mol. The molecule has 0 aromatic carbocycles. The first-order chi connectivity index (χ1) is 6.00. The van der Waals surface area contributed by atoms with Gasteiger partial charge in [-0.25, -0.2) is 8.78 Å². The van der Waals surface area contributed by atoms with Crippen LogP contribution >= 0.6 is 0 Å². The van der Waals surface area contributed by atoms with Crippen molar-refractivity contribution in [2.75, 3.05) is 0 Å². The van der Waals surface area contributed by atoms with Crippen LogP contribution in [0, 0.1) is 13.8 Å². The lowest BCUT2D eigenvalue weighted by Crippen LogP contribution is -2.30. The highest BCUT2D eigenvalue weighted by Crippen LogP contribution is 2.13. The highest BCUT2D eigenvalue weighted by atomic mass is 19.3. The Bertz CT molecular complexity index is 281. The third-order valence-electron chi connectivity index (χ3n) is 2.04. The number of hydrogen-bond acceptors (Lipinski definition) is 1. The lowest BCUT2D eigenvalue weighted by molar-refractivity contribution is 0.116. The number of aryl methyl sites for hydroxylation is 2. The summed E-state index contributed by atoms with van der Waals surface area (Å²) in [5.74, 6) is 0. The number of aromatic nitrogens is 1. The van der Waals surface area contributed by atoms with E-state index in [4.69, 9.17) is 5.73 Å². The molecule has 0 fully saturated rings. The van der Waals surface area contributed by atoms with E-state index in [9.17, 15) is 8.78 Å². The summed E-state index contributed by atoms with van der Waals surface area (Å²) in [5.41, 5.74) is 8.05. The molecular formula is C9H14F2N2. The van der Waals surface area contributed by atoms with Crippen molar-refractivity contribution in [3.8, 4) is 0 Å². The Balaban J connectivity index is 2.68. The molecule has 0 aliphatic rings. The minimum absolute atomic E-state index is 0.230. The lowest BCUT2D eigenvalue weighted by Gasteiger charge is -2.09. The van der Waals surface area contributed by atoms with Gasteiger partial charge in [0.1, 0.15) is 0 Å². The molecule has 1 heterocycles. The van der Waals surface area contributed by atoms with Crippen molar-refractivity contribution in [2.45, 2.75) is 32.7 Å². The fraction of sp³-hybridized carbons (Fsp3) is 0.556. The molecule has 0 saturated carbocycles. The highest BCUT2D eigenvalue weighted by Gasteiger charge is 2.17. The molecule has 2 nitrogen and oxygen atoms in total. The van der Waals surface area contributed by atoms with Crippen molar-refractivity contribution in [3.63, 3.8) is 0 Å². The van der Waals surface area contributed by atoms with Crippen LogP contribution in [0.3, 0.4) is 0 Å². The van der Waals surface area contributed by atoms with Crippen LogP contribution < -0.4 is 5.73 Å². The zero-order chi connectivity index (χ0) is 10.0. The maximum absolute atomic E-state index is 12.1. The van der Waals surface area contributed by atoms with Crippen LogP contribution in [0.1, 0.15) is 17.0 Å². The molecule has 0 aliphatic carbocycles. The normalized spacial score (nSPS) is 13.7. The minimum Gasteiger partial charge on any atom is -0.362 e. The first kappa shape index (κ1) is 10.2. The molecule has 74 valence electrons. The summed E-state index contributed by atoms with van der Waals surface area (Å²) >= 11 is 0. The molecule has 1 aromatic heterocycles. The lowest BCUT2D eigenvalue weighted by atomic mass is 10.1. The molecule has 0 aliphatic heterocycles. The molecule has 3 N–H and O–H groups in total. The van der Waals surface area contributed by atoms with Crippen molar-refractivity contribution in [3.05, 3.63) is 23.0 Å². The zero-order valence-electron chi connectivity index (χ0n) is 7.77. The molecule has 1 rings (SSSR count). The summed E-state index contributed by atoms with van der Waals surface area (Å²) in [6.07, 6.45) is -2.22. The van der Waals surface area contributed by atoms with Crippen molar-refractivity contribution in [2.24, 2.45) is 5.73 Å². The SMILES string of the molecule is Cc1cc(CC(N)C(F)F)c(C)[nH]1. The van der Waals surface area contributed by atoms with Crippen LogP contribution in [-0.2, 0) is 6.42 Å². The average Bonchev–Trinajstić information content (AvgIpc) is 2.30. The Labute approximate surface area is 76.1 Å². The molecule has 1 atom stereocenters. The quantitative estimate of drug-likeness (QED) is 0.745. The Kier molecular flexibility index (Phi) is 3.03. The Morgan fingerprint density at radius 3 is 2.46 bits per heavy atom. The maximum Gasteiger partial charge on any atom is 0.253 e. The van der Waals surface area contributed by atoms with Crippen molar-refractivity contribution >= 4 is 0 Å². The second-order valence-corrected chi connectivity index (χ2v) is 3.31. The summed E-state index contributed by atoms with van der Waals surface area (Å²) < 4.78 is 24.2. The molecule has 0 amide bonds. The summed E-state index contributed by atoms with van der Waals surface area (Å²) in [6, 6.07) is 0.797.